The molecule has 0 aliphatic rings. The normalized spacial score (nSPS) is 10.9. The predicted octanol–water partition coefficient (Wildman–Crippen LogP) is 3.48. The lowest BCUT2D eigenvalue weighted by molar-refractivity contribution is 0.290. The van der Waals surface area contributed by atoms with Crippen molar-refractivity contribution in [1.82, 2.24) is 14.9 Å². The van der Waals surface area contributed by atoms with E-state index in [1.165, 1.54) is 11.8 Å². The molecule has 0 fully saturated rings. The van der Waals surface area contributed by atoms with Crippen LogP contribution in [0.4, 0.5) is 0 Å². The molecular weight excluding hydrogens is 364 g/mol. The van der Waals surface area contributed by atoms with Crippen LogP contribution >= 0.6 is 11.8 Å². The van der Waals surface area contributed by atoms with Crippen LogP contribution in [0.25, 0.3) is 0 Å². The standard InChI is InChI=1S/C19H20N4O3S/c1-24-16-10-9-14(17(11-16)25-2)12-20-23-18(21-22-19(23)27-3)13-26-15-7-5-4-6-8-15/h4-12H,13H2,1-3H3/b20-12-. The van der Waals surface area contributed by atoms with E-state index in [0.717, 1.165) is 17.1 Å². The summed E-state index contributed by atoms with van der Waals surface area (Å²) in [6.07, 6.45) is 3.62. The van der Waals surface area contributed by atoms with Crippen LogP contribution in [0, 0.1) is 0 Å². The first-order valence-corrected chi connectivity index (χ1v) is 9.40. The minimum Gasteiger partial charge on any atom is -0.497 e. The molecule has 27 heavy (non-hydrogen) atoms. The first-order valence-electron chi connectivity index (χ1n) is 8.17. The summed E-state index contributed by atoms with van der Waals surface area (Å²) in [5.41, 5.74) is 0.814. The number of hydrogen-bond donors (Lipinski definition) is 0. The molecule has 7 nitrogen and oxygen atoms in total. The van der Waals surface area contributed by atoms with Crippen molar-refractivity contribution in [3.63, 3.8) is 0 Å². The summed E-state index contributed by atoms with van der Waals surface area (Å²) >= 11 is 1.46. The highest BCUT2D eigenvalue weighted by molar-refractivity contribution is 7.98. The van der Waals surface area contributed by atoms with E-state index in [2.05, 4.69) is 15.3 Å². The summed E-state index contributed by atoms with van der Waals surface area (Å²) in [4.78, 5) is 0. The van der Waals surface area contributed by atoms with Gasteiger partial charge >= 0.3 is 0 Å². The van der Waals surface area contributed by atoms with Gasteiger partial charge in [0.1, 0.15) is 23.9 Å². The molecule has 0 unspecified atom stereocenters. The Hall–Kier alpha value is -3.00. The molecule has 0 aliphatic heterocycles. The Labute approximate surface area is 162 Å². The fraction of sp³-hybridized carbons (Fsp3) is 0.211. The highest BCUT2D eigenvalue weighted by Gasteiger charge is 2.12. The van der Waals surface area contributed by atoms with E-state index in [1.807, 2.05) is 54.8 Å². The highest BCUT2D eigenvalue weighted by atomic mass is 32.2. The number of hydrogen-bond acceptors (Lipinski definition) is 7. The summed E-state index contributed by atoms with van der Waals surface area (Å²) in [5, 5.41) is 13.5. The van der Waals surface area contributed by atoms with Crippen LogP contribution in [0.2, 0.25) is 0 Å². The van der Waals surface area contributed by atoms with Crippen molar-refractivity contribution in [3.05, 3.63) is 59.9 Å². The minimum absolute atomic E-state index is 0.259. The van der Waals surface area contributed by atoms with Crippen LogP contribution in [-0.2, 0) is 6.61 Å². The third kappa shape index (κ3) is 4.59. The third-order valence-electron chi connectivity index (χ3n) is 3.72. The molecule has 0 amide bonds. The Morgan fingerprint density at radius 3 is 2.56 bits per heavy atom. The molecule has 3 aromatic rings. The Balaban J connectivity index is 1.83. The zero-order valence-electron chi connectivity index (χ0n) is 15.3. The second-order valence-electron chi connectivity index (χ2n) is 5.37. The van der Waals surface area contributed by atoms with E-state index in [0.29, 0.717) is 16.7 Å². The molecule has 0 atom stereocenters. The minimum atomic E-state index is 0.259. The molecule has 2 aromatic carbocycles. The third-order valence-corrected chi connectivity index (χ3v) is 4.34. The van der Waals surface area contributed by atoms with Gasteiger partial charge < -0.3 is 14.2 Å². The molecule has 0 radical (unpaired) electrons. The van der Waals surface area contributed by atoms with Crippen molar-refractivity contribution in [2.75, 3.05) is 20.5 Å². The summed E-state index contributed by atoms with van der Waals surface area (Å²) in [6.45, 7) is 0.259. The number of methoxy groups -OCH3 is 2. The fourth-order valence-electron chi connectivity index (χ4n) is 2.34. The van der Waals surface area contributed by atoms with Gasteiger partial charge in [0.25, 0.3) is 0 Å². The van der Waals surface area contributed by atoms with Gasteiger partial charge in [-0.2, -0.15) is 9.78 Å². The van der Waals surface area contributed by atoms with Gasteiger partial charge in [-0.1, -0.05) is 30.0 Å². The van der Waals surface area contributed by atoms with E-state index >= 15 is 0 Å². The molecule has 0 aliphatic carbocycles. The SMILES string of the molecule is COc1ccc(/C=N\n2c(COc3ccccc3)nnc2SC)c(OC)c1. The van der Waals surface area contributed by atoms with Crippen molar-refractivity contribution in [2.45, 2.75) is 11.8 Å². The Kier molecular flexibility index (Phi) is 6.32. The zero-order valence-corrected chi connectivity index (χ0v) is 16.1. The number of para-hydroxylation sites is 1. The maximum atomic E-state index is 5.77. The lowest BCUT2D eigenvalue weighted by Crippen LogP contribution is -2.05. The molecule has 0 N–H and O–H groups in total. The van der Waals surface area contributed by atoms with Crippen molar-refractivity contribution in [1.29, 1.82) is 0 Å². The number of benzene rings is 2. The smallest absolute Gasteiger partial charge is 0.211 e. The van der Waals surface area contributed by atoms with Crippen LogP contribution < -0.4 is 14.2 Å². The number of ether oxygens (including phenoxy) is 3. The van der Waals surface area contributed by atoms with Gasteiger partial charge in [0.2, 0.25) is 5.16 Å². The molecule has 0 spiro atoms. The second-order valence-corrected chi connectivity index (χ2v) is 6.14. The van der Waals surface area contributed by atoms with Gasteiger partial charge in [-0.3, -0.25) is 0 Å². The highest BCUT2D eigenvalue weighted by Crippen LogP contribution is 2.23. The molecule has 0 bridgehead atoms. The predicted molar refractivity (Wildman–Crippen MR) is 105 cm³/mol. The van der Waals surface area contributed by atoms with Crippen LogP contribution in [0.5, 0.6) is 17.2 Å². The van der Waals surface area contributed by atoms with Crippen molar-refractivity contribution < 1.29 is 14.2 Å². The van der Waals surface area contributed by atoms with Gasteiger partial charge in [-0.25, -0.2) is 0 Å². The van der Waals surface area contributed by atoms with Crippen LogP contribution in [0.1, 0.15) is 11.4 Å². The lowest BCUT2D eigenvalue weighted by atomic mass is 10.2. The first kappa shape index (κ1) is 18.8. The van der Waals surface area contributed by atoms with Gasteiger partial charge in [0.05, 0.1) is 20.4 Å². The van der Waals surface area contributed by atoms with Gasteiger partial charge in [0.15, 0.2) is 5.82 Å². The van der Waals surface area contributed by atoms with Crippen LogP contribution in [0.3, 0.4) is 0 Å². The molecular formula is C19H20N4O3S. The van der Waals surface area contributed by atoms with Crippen molar-refractivity contribution in [2.24, 2.45) is 5.10 Å². The van der Waals surface area contributed by atoms with Crippen LogP contribution in [-0.4, -0.2) is 41.6 Å². The maximum Gasteiger partial charge on any atom is 0.211 e. The summed E-state index contributed by atoms with van der Waals surface area (Å²) in [5.74, 6) is 2.75. The molecule has 140 valence electrons. The Morgan fingerprint density at radius 2 is 1.85 bits per heavy atom. The average Bonchev–Trinajstić information content (AvgIpc) is 3.13. The van der Waals surface area contributed by atoms with E-state index in [1.54, 1.807) is 25.1 Å². The number of thioether (sulfide) groups is 1. The number of rotatable bonds is 8. The summed E-state index contributed by atoms with van der Waals surface area (Å²) in [7, 11) is 3.22. The Bertz CT molecular complexity index is 913. The number of aromatic nitrogens is 3. The van der Waals surface area contributed by atoms with E-state index < -0.39 is 0 Å². The van der Waals surface area contributed by atoms with Gasteiger partial charge in [-0.05, 0) is 30.5 Å². The first-order chi connectivity index (χ1) is 13.2. The molecule has 3 rings (SSSR count). The van der Waals surface area contributed by atoms with E-state index in [4.69, 9.17) is 14.2 Å². The largest absolute Gasteiger partial charge is 0.497 e. The quantitative estimate of drug-likeness (QED) is 0.437. The average molecular weight is 384 g/mol. The van der Waals surface area contributed by atoms with Crippen molar-refractivity contribution in [3.8, 4) is 17.2 Å². The molecule has 1 aromatic heterocycles. The van der Waals surface area contributed by atoms with E-state index in [-0.39, 0.29) is 6.61 Å². The van der Waals surface area contributed by atoms with Crippen LogP contribution in [0.15, 0.2) is 58.8 Å². The fourth-order valence-corrected chi connectivity index (χ4v) is 2.79. The monoisotopic (exact) mass is 384 g/mol. The van der Waals surface area contributed by atoms with E-state index in [9.17, 15) is 0 Å². The molecule has 0 saturated carbocycles. The summed E-state index contributed by atoms with van der Waals surface area (Å²) < 4.78 is 18.1. The maximum absolute atomic E-state index is 5.77. The van der Waals surface area contributed by atoms with Gasteiger partial charge in [0, 0.05) is 11.6 Å². The lowest BCUT2D eigenvalue weighted by Gasteiger charge is -2.08. The molecule has 0 saturated heterocycles. The topological polar surface area (TPSA) is 70.8 Å². The van der Waals surface area contributed by atoms with Gasteiger partial charge in [-0.15, -0.1) is 10.2 Å². The summed E-state index contributed by atoms with van der Waals surface area (Å²) in [6, 6.07) is 15.1. The Morgan fingerprint density at radius 1 is 1.04 bits per heavy atom. The zero-order chi connectivity index (χ0) is 19.1. The van der Waals surface area contributed by atoms with Crippen molar-refractivity contribution >= 4 is 18.0 Å². The number of nitrogens with zero attached hydrogens (tertiary/aromatic N) is 4. The molecule has 8 heteroatoms. The second kappa shape index (κ2) is 9.09. The molecule has 1 heterocycles.